The number of nitrogens with zero attached hydrogens (tertiary/aromatic N) is 2. The van der Waals surface area contributed by atoms with Gasteiger partial charge in [0.25, 0.3) is 0 Å². The molecule has 0 spiro atoms. The molecular formula is C14H14N4S. The summed E-state index contributed by atoms with van der Waals surface area (Å²) in [6.45, 7) is 0. The molecular weight excluding hydrogens is 256 g/mol. The van der Waals surface area contributed by atoms with E-state index in [9.17, 15) is 0 Å². The summed E-state index contributed by atoms with van der Waals surface area (Å²) in [4.78, 5) is 0. The number of hydrazone groups is 1. The minimum absolute atomic E-state index is 0.221. The average Bonchev–Trinajstić information content (AvgIpc) is 2.90. The van der Waals surface area contributed by atoms with Gasteiger partial charge in [0.05, 0.1) is 10.9 Å². The largest absolute Gasteiger partial charge is 0.399 e. The smallest absolute Gasteiger partial charge is 0.0887 e. The fraction of sp³-hybridized carbons (Fsp3) is 0.0714. The Labute approximate surface area is 116 Å². The number of nitrogens with two attached hydrogens (primary N) is 2. The summed E-state index contributed by atoms with van der Waals surface area (Å²) in [5.41, 5.74) is 15.1. The number of nitrogen functional groups attached to an aromatic ring is 2. The summed E-state index contributed by atoms with van der Waals surface area (Å²) in [7, 11) is 0. The highest BCUT2D eigenvalue weighted by Crippen LogP contribution is 2.38. The van der Waals surface area contributed by atoms with Crippen molar-refractivity contribution in [2.75, 3.05) is 15.9 Å². The fourth-order valence-corrected chi connectivity index (χ4v) is 2.80. The van der Waals surface area contributed by atoms with Crippen molar-refractivity contribution in [1.29, 1.82) is 0 Å². The monoisotopic (exact) mass is 270 g/mol. The van der Waals surface area contributed by atoms with Gasteiger partial charge in [-0.1, -0.05) is 12.1 Å². The van der Waals surface area contributed by atoms with Gasteiger partial charge in [0.15, 0.2) is 0 Å². The van der Waals surface area contributed by atoms with E-state index in [1.807, 2.05) is 59.2 Å². The molecule has 4 N–H and O–H groups in total. The molecule has 1 heterocycles. The molecule has 2 aromatic carbocycles. The van der Waals surface area contributed by atoms with Gasteiger partial charge < -0.3 is 11.5 Å². The van der Waals surface area contributed by atoms with E-state index >= 15 is 0 Å². The topological polar surface area (TPSA) is 67.6 Å². The van der Waals surface area contributed by atoms with Gasteiger partial charge in [-0.3, -0.25) is 0 Å². The van der Waals surface area contributed by atoms with Crippen LogP contribution in [0.1, 0.15) is 10.8 Å². The lowest BCUT2D eigenvalue weighted by atomic mass is 10.1. The van der Waals surface area contributed by atoms with Crippen LogP contribution in [0.5, 0.6) is 0 Å². The third-order valence-electron chi connectivity index (χ3n) is 2.90. The van der Waals surface area contributed by atoms with E-state index < -0.39 is 0 Å². The van der Waals surface area contributed by atoms with Crippen molar-refractivity contribution < 1.29 is 0 Å². The Hall–Kier alpha value is -2.14. The Morgan fingerprint density at radius 1 is 0.895 bits per heavy atom. The van der Waals surface area contributed by atoms with E-state index in [2.05, 4.69) is 5.10 Å². The predicted molar refractivity (Wildman–Crippen MR) is 83.0 cm³/mol. The van der Waals surface area contributed by atoms with Crippen molar-refractivity contribution in [2.45, 2.75) is 5.25 Å². The van der Waals surface area contributed by atoms with Gasteiger partial charge in [-0.05, 0) is 53.9 Å². The van der Waals surface area contributed by atoms with E-state index in [-0.39, 0.29) is 5.25 Å². The number of hydrogen-bond donors (Lipinski definition) is 2. The van der Waals surface area contributed by atoms with Gasteiger partial charge in [0, 0.05) is 17.6 Å². The second-order valence-corrected chi connectivity index (χ2v) is 5.39. The lowest BCUT2D eigenvalue weighted by molar-refractivity contribution is 1.23. The second kappa shape index (κ2) is 4.85. The van der Waals surface area contributed by atoms with Crippen LogP contribution < -0.4 is 15.9 Å². The van der Waals surface area contributed by atoms with Crippen LogP contribution in [0.4, 0.5) is 17.1 Å². The molecule has 0 fully saturated rings. The molecule has 0 saturated carbocycles. The Balaban J connectivity index is 1.76. The van der Waals surface area contributed by atoms with E-state index in [0.717, 1.165) is 17.1 Å². The third kappa shape index (κ3) is 2.51. The van der Waals surface area contributed by atoms with Crippen molar-refractivity contribution in [1.82, 2.24) is 0 Å². The molecule has 96 valence electrons. The van der Waals surface area contributed by atoms with Gasteiger partial charge in [-0.15, -0.1) is 0 Å². The molecule has 0 aliphatic carbocycles. The molecule has 4 nitrogen and oxygen atoms in total. The molecule has 0 bridgehead atoms. The maximum Gasteiger partial charge on any atom is 0.0887 e. The molecule has 3 rings (SSSR count). The summed E-state index contributed by atoms with van der Waals surface area (Å²) in [5, 5.41) is 4.64. The zero-order chi connectivity index (χ0) is 13.2. The minimum atomic E-state index is 0.221. The second-order valence-electron chi connectivity index (χ2n) is 4.32. The Kier molecular flexibility index (Phi) is 3.05. The van der Waals surface area contributed by atoms with E-state index in [0.29, 0.717) is 0 Å². The standard InChI is InChI=1S/C14H14N4S/c15-11-3-1-10(2-4-11)14-9-17-18(19-14)13-7-5-12(16)6-8-13/h1-9,14H,15-16H2. The van der Waals surface area contributed by atoms with Crippen LogP contribution in [-0.2, 0) is 0 Å². The maximum absolute atomic E-state index is 5.70. The number of hydrogen-bond acceptors (Lipinski definition) is 5. The normalized spacial score (nSPS) is 17.9. The van der Waals surface area contributed by atoms with Crippen LogP contribution in [0.25, 0.3) is 0 Å². The minimum Gasteiger partial charge on any atom is -0.399 e. The highest BCUT2D eigenvalue weighted by molar-refractivity contribution is 8.01. The highest BCUT2D eigenvalue weighted by Gasteiger charge is 2.21. The molecule has 5 heteroatoms. The van der Waals surface area contributed by atoms with Crippen LogP contribution in [0.3, 0.4) is 0 Å². The van der Waals surface area contributed by atoms with E-state index in [4.69, 9.17) is 11.5 Å². The van der Waals surface area contributed by atoms with Crippen molar-refractivity contribution in [3.05, 3.63) is 54.1 Å². The molecule has 0 saturated heterocycles. The maximum atomic E-state index is 5.70. The summed E-state index contributed by atoms with van der Waals surface area (Å²) in [6.07, 6.45) is 1.94. The van der Waals surface area contributed by atoms with Crippen molar-refractivity contribution in [2.24, 2.45) is 5.10 Å². The molecule has 19 heavy (non-hydrogen) atoms. The third-order valence-corrected chi connectivity index (χ3v) is 4.03. The predicted octanol–water partition coefficient (Wildman–Crippen LogP) is 3.05. The number of anilines is 3. The summed E-state index contributed by atoms with van der Waals surface area (Å²) >= 11 is 1.66. The average molecular weight is 270 g/mol. The molecule has 1 unspecified atom stereocenters. The first kappa shape index (κ1) is 11.9. The molecule has 0 radical (unpaired) electrons. The van der Waals surface area contributed by atoms with Gasteiger partial charge in [0.2, 0.25) is 0 Å². The number of rotatable bonds is 2. The zero-order valence-electron chi connectivity index (χ0n) is 10.2. The quantitative estimate of drug-likeness (QED) is 0.650. The lowest BCUT2D eigenvalue weighted by Crippen LogP contribution is -2.02. The fourth-order valence-electron chi connectivity index (χ4n) is 1.85. The Morgan fingerprint density at radius 2 is 1.47 bits per heavy atom. The first-order valence-electron chi connectivity index (χ1n) is 5.94. The van der Waals surface area contributed by atoms with E-state index in [1.54, 1.807) is 11.9 Å². The van der Waals surface area contributed by atoms with E-state index in [1.165, 1.54) is 5.56 Å². The first-order valence-corrected chi connectivity index (χ1v) is 6.78. The van der Waals surface area contributed by atoms with Crippen molar-refractivity contribution >= 4 is 35.2 Å². The van der Waals surface area contributed by atoms with Crippen molar-refractivity contribution in [3.8, 4) is 0 Å². The van der Waals surface area contributed by atoms with Gasteiger partial charge in [-0.25, -0.2) is 4.41 Å². The summed E-state index contributed by atoms with van der Waals surface area (Å²) in [6, 6.07) is 15.6. The van der Waals surface area contributed by atoms with Crippen LogP contribution >= 0.6 is 11.9 Å². The Bertz CT molecular complexity index is 538. The summed E-state index contributed by atoms with van der Waals surface area (Å²) < 4.78 is 1.90. The molecule has 0 amide bonds. The van der Waals surface area contributed by atoms with Crippen LogP contribution in [0.15, 0.2) is 53.6 Å². The Morgan fingerprint density at radius 3 is 2.11 bits per heavy atom. The molecule has 1 aliphatic rings. The zero-order valence-corrected chi connectivity index (χ0v) is 11.0. The molecule has 0 aromatic heterocycles. The molecule has 1 atom stereocenters. The first-order chi connectivity index (χ1) is 9.22. The lowest BCUT2D eigenvalue weighted by Gasteiger charge is -2.14. The van der Waals surface area contributed by atoms with Gasteiger partial charge >= 0.3 is 0 Å². The number of benzene rings is 2. The molecule has 2 aromatic rings. The highest BCUT2D eigenvalue weighted by atomic mass is 32.2. The van der Waals surface area contributed by atoms with Gasteiger partial charge in [-0.2, -0.15) is 5.10 Å². The SMILES string of the molecule is Nc1ccc(C2C=NN(c3ccc(N)cc3)S2)cc1. The van der Waals surface area contributed by atoms with Crippen molar-refractivity contribution in [3.63, 3.8) is 0 Å². The van der Waals surface area contributed by atoms with Gasteiger partial charge in [0.1, 0.15) is 0 Å². The summed E-state index contributed by atoms with van der Waals surface area (Å²) in [5.74, 6) is 0. The molecule has 1 aliphatic heterocycles. The van der Waals surface area contributed by atoms with Crippen LogP contribution in [0, 0.1) is 0 Å². The van der Waals surface area contributed by atoms with Crippen LogP contribution in [-0.4, -0.2) is 6.21 Å². The van der Waals surface area contributed by atoms with Crippen LogP contribution in [0.2, 0.25) is 0 Å².